The van der Waals surface area contributed by atoms with Crippen LogP contribution in [0.2, 0.25) is 0 Å². The van der Waals surface area contributed by atoms with E-state index in [1.807, 2.05) is 0 Å². The molecule has 0 saturated heterocycles. The van der Waals surface area contributed by atoms with E-state index in [2.05, 4.69) is 5.32 Å². The number of hydrogen-bond donors (Lipinski definition) is 2. The van der Waals surface area contributed by atoms with Crippen molar-refractivity contribution < 1.29 is 13.6 Å². The van der Waals surface area contributed by atoms with Gasteiger partial charge in [0.15, 0.2) is 0 Å². The van der Waals surface area contributed by atoms with Gasteiger partial charge in [-0.2, -0.15) is 0 Å². The average Bonchev–Trinajstić information content (AvgIpc) is 2.45. The lowest BCUT2D eigenvalue weighted by molar-refractivity contribution is 0.0931. The van der Waals surface area contributed by atoms with Gasteiger partial charge in [-0.1, -0.05) is 12.8 Å². The van der Waals surface area contributed by atoms with Crippen LogP contribution < -0.4 is 11.1 Å². The van der Waals surface area contributed by atoms with Crippen molar-refractivity contribution in [1.82, 2.24) is 5.32 Å². The molecule has 1 amide bonds. The van der Waals surface area contributed by atoms with Gasteiger partial charge < -0.3 is 11.1 Å². The predicted molar refractivity (Wildman–Crippen MR) is 73.2 cm³/mol. The summed E-state index contributed by atoms with van der Waals surface area (Å²) in [5, 5.41) is 2.74. The molecule has 3 N–H and O–H groups in total. The van der Waals surface area contributed by atoms with E-state index in [0.717, 1.165) is 31.4 Å². The Morgan fingerprint density at radius 2 is 1.95 bits per heavy atom. The van der Waals surface area contributed by atoms with Crippen LogP contribution in [0.4, 0.5) is 8.78 Å². The number of benzene rings is 1. The van der Waals surface area contributed by atoms with Crippen LogP contribution >= 0.6 is 0 Å². The minimum absolute atomic E-state index is 0.119. The standard InChI is InChI=1S/C15H20F2N2O/c16-12-5-6-13(14(17)7-12)15(20)19-9-11-4-2-1-3-10(11)8-18/h5-7,10-11H,1-4,8-9,18H2,(H,19,20). The van der Waals surface area contributed by atoms with E-state index in [4.69, 9.17) is 5.73 Å². The lowest BCUT2D eigenvalue weighted by Gasteiger charge is -2.30. The maximum atomic E-state index is 13.5. The second kappa shape index (κ2) is 6.79. The second-order valence-electron chi connectivity index (χ2n) is 5.37. The lowest BCUT2D eigenvalue weighted by Crippen LogP contribution is -2.37. The Morgan fingerprint density at radius 3 is 2.60 bits per heavy atom. The van der Waals surface area contributed by atoms with E-state index < -0.39 is 17.5 Å². The first kappa shape index (κ1) is 14.9. The second-order valence-corrected chi connectivity index (χ2v) is 5.37. The van der Waals surface area contributed by atoms with E-state index in [1.54, 1.807) is 0 Å². The van der Waals surface area contributed by atoms with Gasteiger partial charge in [-0.3, -0.25) is 4.79 Å². The average molecular weight is 282 g/mol. The zero-order valence-electron chi connectivity index (χ0n) is 11.4. The van der Waals surface area contributed by atoms with Crippen molar-refractivity contribution in [2.75, 3.05) is 13.1 Å². The van der Waals surface area contributed by atoms with E-state index in [9.17, 15) is 13.6 Å². The van der Waals surface area contributed by atoms with Crippen LogP contribution in [-0.4, -0.2) is 19.0 Å². The summed E-state index contributed by atoms with van der Waals surface area (Å²) in [5.41, 5.74) is 5.62. The van der Waals surface area contributed by atoms with E-state index in [-0.39, 0.29) is 5.56 Å². The summed E-state index contributed by atoms with van der Waals surface area (Å²) >= 11 is 0. The highest BCUT2D eigenvalue weighted by Gasteiger charge is 2.24. The van der Waals surface area contributed by atoms with Crippen molar-refractivity contribution >= 4 is 5.91 Å². The molecule has 1 aromatic rings. The molecule has 2 rings (SSSR count). The third-order valence-corrected chi connectivity index (χ3v) is 4.07. The van der Waals surface area contributed by atoms with Gasteiger partial charge in [0, 0.05) is 12.6 Å². The van der Waals surface area contributed by atoms with Gasteiger partial charge in [0.2, 0.25) is 0 Å². The molecule has 0 aromatic heterocycles. The molecule has 110 valence electrons. The van der Waals surface area contributed by atoms with Gasteiger partial charge in [0.1, 0.15) is 11.6 Å². The summed E-state index contributed by atoms with van der Waals surface area (Å²) in [5.74, 6) is -1.25. The summed E-state index contributed by atoms with van der Waals surface area (Å²) in [7, 11) is 0. The van der Waals surface area contributed by atoms with Crippen molar-refractivity contribution in [2.45, 2.75) is 25.7 Å². The Labute approximate surface area is 117 Å². The number of carbonyl (C=O) groups excluding carboxylic acids is 1. The molecule has 1 aromatic carbocycles. The zero-order valence-corrected chi connectivity index (χ0v) is 11.4. The molecule has 20 heavy (non-hydrogen) atoms. The van der Waals surface area contributed by atoms with Crippen molar-refractivity contribution in [3.63, 3.8) is 0 Å². The molecule has 5 heteroatoms. The van der Waals surface area contributed by atoms with Crippen molar-refractivity contribution in [2.24, 2.45) is 17.6 Å². The number of nitrogens with one attached hydrogen (secondary N) is 1. The highest BCUT2D eigenvalue weighted by atomic mass is 19.1. The highest BCUT2D eigenvalue weighted by molar-refractivity contribution is 5.94. The van der Waals surface area contributed by atoms with Gasteiger partial charge in [0.25, 0.3) is 5.91 Å². The van der Waals surface area contributed by atoms with Gasteiger partial charge in [-0.25, -0.2) is 8.78 Å². The molecule has 1 fully saturated rings. The largest absolute Gasteiger partial charge is 0.352 e. The molecule has 1 saturated carbocycles. The Balaban J connectivity index is 1.94. The van der Waals surface area contributed by atoms with E-state index in [1.165, 1.54) is 12.5 Å². The van der Waals surface area contributed by atoms with Crippen LogP contribution in [0.1, 0.15) is 36.0 Å². The summed E-state index contributed by atoms with van der Waals surface area (Å²) in [4.78, 5) is 11.9. The van der Waals surface area contributed by atoms with Gasteiger partial charge in [-0.15, -0.1) is 0 Å². The number of halogens is 2. The Bertz CT molecular complexity index is 479. The molecule has 0 spiro atoms. The SMILES string of the molecule is NCC1CCCCC1CNC(=O)c1ccc(F)cc1F. The highest BCUT2D eigenvalue weighted by Crippen LogP contribution is 2.28. The number of amides is 1. The fourth-order valence-electron chi connectivity index (χ4n) is 2.86. The Hall–Kier alpha value is -1.49. The topological polar surface area (TPSA) is 55.1 Å². The van der Waals surface area contributed by atoms with Gasteiger partial charge >= 0.3 is 0 Å². The molecule has 1 aliphatic rings. The van der Waals surface area contributed by atoms with Crippen LogP contribution in [0, 0.1) is 23.5 Å². The van der Waals surface area contributed by atoms with Crippen LogP contribution in [0.15, 0.2) is 18.2 Å². The van der Waals surface area contributed by atoms with Crippen molar-refractivity contribution in [3.05, 3.63) is 35.4 Å². The minimum atomic E-state index is -0.832. The Kier molecular flexibility index (Phi) is 5.06. The molecule has 2 atom stereocenters. The Morgan fingerprint density at radius 1 is 1.25 bits per heavy atom. The molecular formula is C15H20F2N2O. The number of hydrogen-bond acceptors (Lipinski definition) is 2. The molecule has 1 aliphatic carbocycles. The molecule has 0 heterocycles. The van der Waals surface area contributed by atoms with Crippen LogP contribution in [0.3, 0.4) is 0 Å². The third-order valence-electron chi connectivity index (χ3n) is 4.07. The van der Waals surface area contributed by atoms with E-state index in [0.29, 0.717) is 24.9 Å². The summed E-state index contributed by atoms with van der Waals surface area (Å²) in [6, 6.07) is 2.97. The zero-order chi connectivity index (χ0) is 14.5. The van der Waals surface area contributed by atoms with Crippen LogP contribution in [0.25, 0.3) is 0 Å². The summed E-state index contributed by atoms with van der Waals surface area (Å²) in [6.07, 6.45) is 4.44. The number of carbonyl (C=O) groups is 1. The van der Waals surface area contributed by atoms with Crippen molar-refractivity contribution in [3.8, 4) is 0 Å². The first-order valence-corrected chi connectivity index (χ1v) is 7.05. The third kappa shape index (κ3) is 3.54. The van der Waals surface area contributed by atoms with E-state index >= 15 is 0 Å². The summed E-state index contributed by atoms with van der Waals surface area (Å²) < 4.78 is 26.3. The molecule has 0 radical (unpaired) electrons. The van der Waals surface area contributed by atoms with Gasteiger partial charge in [0.05, 0.1) is 5.56 Å². The molecular weight excluding hydrogens is 262 g/mol. The molecule has 0 aliphatic heterocycles. The predicted octanol–water partition coefficient (Wildman–Crippen LogP) is 2.46. The summed E-state index contributed by atoms with van der Waals surface area (Å²) in [6.45, 7) is 1.11. The van der Waals surface area contributed by atoms with Crippen LogP contribution in [-0.2, 0) is 0 Å². The monoisotopic (exact) mass is 282 g/mol. The fourth-order valence-corrected chi connectivity index (χ4v) is 2.86. The smallest absolute Gasteiger partial charge is 0.254 e. The molecule has 2 unspecified atom stereocenters. The first-order chi connectivity index (χ1) is 9.61. The lowest BCUT2D eigenvalue weighted by atomic mass is 9.79. The normalized spacial score (nSPS) is 22.6. The van der Waals surface area contributed by atoms with Crippen LogP contribution in [0.5, 0.6) is 0 Å². The quantitative estimate of drug-likeness (QED) is 0.891. The maximum Gasteiger partial charge on any atom is 0.254 e. The molecule has 3 nitrogen and oxygen atoms in total. The van der Waals surface area contributed by atoms with Crippen molar-refractivity contribution in [1.29, 1.82) is 0 Å². The first-order valence-electron chi connectivity index (χ1n) is 7.05. The van der Waals surface area contributed by atoms with Gasteiger partial charge in [-0.05, 0) is 43.4 Å². The number of nitrogens with two attached hydrogens (primary N) is 1. The minimum Gasteiger partial charge on any atom is -0.352 e. The maximum absolute atomic E-state index is 13.5. The number of rotatable bonds is 4. The fraction of sp³-hybridized carbons (Fsp3) is 0.533. The molecule has 0 bridgehead atoms.